The lowest BCUT2D eigenvalue weighted by atomic mass is 9.82. The molecule has 2 aliphatic carbocycles. The molecular weight excluding hydrogens is 250 g/mol. The molecule has 1 nitrogen and oxygen atoms in total. The monoisotopic (exact) mass is 277 g/mol. The quantitative estimate of drug-likeness (QED) is 0.819. The van der Waals surface area contributed by atoms with Gasteiger partial charge in [0.15, 0.2) is 0 Å². The first-order valence-corrected chi connectivity index (χ1v) is 8.92. The van der Waals surface area contributed by atoms with Crippen LogP contribution < -0.4 is 5.32 Å². The van der Waals surface area contributed by atoms with Crippen LogP contribution >= 0.6 is 11.3 Å². The molecule has 0 amide bonds. The summed E-state index contributed by atoms with van der Waals surface area (Å²) in [6.45, 7) is 5.63. The number of hydrogen-bond donors (Lipinski definition) is 1. The molecule has 0 spiro atoms. The van der Waals surface area contributed by atoms with Gasteiger partial charge in [0.2, 0.25) is 0 Å². The van der Waals surface area contributed by atoms with Gasteiger partial charge in [-0.25, -0.2) is 0 Å². The van der Waals surface area contributed by atoms with E-state index in [2.05, 4.69) is 31.3 Å². The van der Waals surface area contributed by atoms with Crippen molar-refractivity contribution in [1.82, 2.24) is 5.32 Å². The minimum atomic E-state index is 0.726. The van der Waals surface area contributed by atoms with E-state index in [4.69, 9.17) is 0 Å². The molecule has 2 heteroatoms. The van der Waals surface area contributed by atoms with Gasteiger partial charge in [0.25, 0.3) is 0 Å². The van der Waals surface area contributed by atoms with Gasteiger partial charge in [-0.1, -0.05) is 20.3 Å². The van der Waals surface area contributed by atoms with Crippen molar-refractivity contribution in [1.29, 1.82) is 0 Å². The van der Waals surface area contributed by atoms with E-state index in [9.17, 15) is 0 Å². The van der Waals surface area contributed by atoms with Crippen LogP contribution in [0.4, 0.5) is 0 Å². The van der Waals surface area contributed by atoms with E-state index in [1.807, 2.05) is 11.3 Å². The zero-order valence-corrected chi connectivity index (χ0v) is 13.1. The lowest BCUT2D eigenvalue weighted by Gasteiger charge is -2.31. The standard InChI is InChI=1S/C17H27NS/c1-3-14-7-8-15(19-14)11-17(18-4-2)16-10-12-5-6-13(16)9-12/h7-8,12-13,16-18H,3-6,9-11H2,1-2H3. The van der Waals surface area contributed by atoms with Crippen LogP contribution in [0.3, 0.4) is 0 Å². The second kappa shape index (κ2) is 5.97. The average molecular weight is 277 g/mol. The Hall–Kier alpha value is -0.340. The third-order valence-corrected chi connectivity index (χ3v) is 6.51. The first-order chi connectivity index (χ1) is 9.30. The second-order valence-corrected chi connectivity index (χ2v) is 7.68. The van der Waals surface area contributed by atoms with Gasteiger partial charge in [0.1, 0.15) is 0 Å². The highest BCUT2D eigenvalue weighted by molar-refractivity contribution is 7.11. The lowest BCUT2D eigenvalue weighted by molar-refractivity contribution is 0.250. The molecule has 1 aromatic heterocycles. The molecule has 0 aliphatic heterocycles. The molecule has 1 aromatic rings. The van der Waals surface area contributed by atoms with Gasteiger partial charge < -0.3 is 5.32 Å². The number of hydrogen-bond acceptors (Lipinski definition) is 2. The van der Waals surface area contributed by atoms with Crippen LogP contribution in [0.5, 0.6) is 0 Å². The summed E-state index contributed by atoms with van der Waals surface area (Å²) >= 11 is 2.03. The second-order valence-electron chi connectivity index (χ2n) is 6.43. The Morgan fingerprint density at radius 3 is 2.63 bits per heavy atom. The van der Waals surface area contributed by atoms with E-state index in [0.29, 0.717) is 0 Å². The SMILES string of the molecule is CCNC(Cc1ccc(CC)s1)C1CC2CCC1C2. The summed E-state index contributed by atoms with van der Waals surface area (Å²) < 4.78 is 0. The third-order valence-electron chi connectivity index (χ3n) is 5.26. The van der Waals surface area contributed by atoms with Crippen molar-refractivity contribution in [3.05, 3.63) is 21.9 Å². The molecule has 1 N–H and O–H groups in total. The van der Waals surface area contributed by atoms with Crippen molar-refractivity contribution in [2.45, 2.75) is 58.4 Å². The Morgan fingerprint density at radius 1 is 1.21 bits per heavy atom. The van der Waals surface area contributed by atoms with E-state index in [0.717, 1.165) is 30.3 Å². The van der Waals surface area contributed by atoms with Crippen LogP contribution in [-0.4, -0.2) is 12.6 Å². The molecular formula is C17H27NS. The molecule has 0 saturated heterocycles. The van der Waals surface area contributed by atoms with Crippen LogP contribution in [0, 0.1) is 17.8 Å². The molecule has 106 valence electrons. The predicted molar refractivity (Wildman–Crippen MR) is 83.8 cm³/mol. The zero-order valence-electron chi connectivity index (χ0n) is 12.3. The number of aryl methyl sites for hydroxylation is 1. The van der Waals surface area contributed by atoms with Crippen molar-refractivity contribution in [2.24, 2.45) is 17.8 Å². The van der Waals surface area contributed by atoms with E-state index in [1.54, 1.807) is 4.88 Å². The Kier molecular flexibility index (Phi) is 4.28. The summed E-state index contributed by atoms with van der Waals surface area (Å²) in [5.41, 5.74) is 0. The summed E-state index contributed by atoms with van der Waals surface area (Å²) in [6.07, 6.45) is 8.48. The van der Waals surface area contributed by atoms with Gasteiger partial charge in [-0.2, -0.15) is 0 Å². The molecule has 0 aromatic carbocycles. The number of likely N-dealkylation sites (N-methyl/N-ethyl adjacent to an activating group) is 1. The van der Waals surface area contributed by atoms with E-state index < -0.39 is 0 Å². The van der Waals surface area contributed by atoms with Crippen LogP contribution in [-0.2, 0) is 12.8 Å². The summed E-state index contributed by atoms with van der Waals surface area (Å²) in [4.78, 5) is 3.13. The van der Waals surface area contributed by atoms with Crippen molar-refractivity contribution >= 4 is 11.3 Å². The third kappa shape index (κ3) is 2.90. The molecule has 3 rings (SSSR count). The van der Waals surface area contributed by atoms with Crippen molar-refractivity contribution in [3.63, 3.8) is 0 Å². The number of thiophene rings is 1. The Labute approximate surface area is 121 Å². The fourth-order valence-corrected chi connectivity index (χ4v) is 5.38. The Morgan fingerprint density at radius 2 is 2.05 bits per heavy atom. The van der Waals surface area contributed by atoms with Gasteiger partial charge in [0, 0.05) is 15.8 Å². The predicted octanol–water partition coefficient (Wildman–Crippen LogP) is 4.27. The van der Waals surface area contributed by atoms with Crippen molar-refractivity contribution in [2.75, 3.05) is 6.54 Å². The van der Waals surface area contributed by atoms with Gasteiger partial charge in [-0.3, -0.25) is 0 Å². The fraction of sp³-hybridized carbons (Fsp3) is 0.765. The van der Waals surface area contributed by atoms with Crippen molar-refractivity contribution in [3.8, 4) is 0 Å². The first-order valence-electron chi connectivity index (χ1n) is 8.11. The van der Waals surface area contributed by atoms with E-state index in [1.165, 1.54) is 43.4 Å². The largest absolute Gasteiger partial charge is 0.314 e. The number of nitrogens with one attached hydrogen (secondary N) is 1. The lowest BCUT2D eigenvalue weighted by Crippen LogP contribution is -2.40. The van der Waals surface area contributed by atoms with Crippen molar-refractivity contribution < 1.29 is 0 Å². The van der Waals surface area contributed by atoms with Crippen LogP contribution in [0.1, 0.15) is 49.3 Å². The zero-order chi connectivity index (χ0) is 13.2. The van der Waals surface area contributed by atoms with Gasteiger partial charge in [-0.05, 0) is 68.5 Å². The minimum absolute atomic E-state index is 0.726. The van der Waals surface area contributed by atoms with Crippen LogP contribution in [0.2, 0.25) is 0 Å². The van der Waals surface area contributed by atoms with Crippen LogP contribution in [0.15, 0.2) is 12.1 Å². The molecule has 1 heterocycles. The highest BCUT2D eigenvalue weighted by atomic mass is 32.1. The molecule has 4 unspecified atom stereocenters. The highest BCUT2D eigenvalue weighted by Gasteiger charge is 2.42. The minimum Gasteiger partial charge on any atom is -0.314 e. The molecule has 19 heavy (non-hydrogen) atoms. The van der Waals surface area contributed by atoms with Crippen LogP contribution in [0.25, 0.3) is 0 Å². The summed E-state index contributed by atoms with van der Waals surface area (Å²) in [6, 6.07) is 5.41. The summed E-state index contributed by atoms with van der Waals surface area (Å²) in [7, 11) is 0. The topological polar surface area (TPSA) is 12.0 Å². The maximum Gasteiger partial charge on any atom is 0.0146 e. The average Bonchev–Trinajstić information content (AvgIpc) is 3.14. The Balaban J connectivity index is 1.67. The highest BCUT2D eigenvalue weighted by Crippen LogP contribution is 2.50. The molecule has 2 saturated carbocycles. The van der Waals surface area contributed by atoms with E-state index >= 15 is 0 Å². The van der Waals surface area contributed by atoms with E-state index in [-0.39, 0.29) is 0 Å². The van der Waals surface area contributed by atoms with Gasteiger partial charge in [0.05, 0.1) is 0 Å². The molecule has 0 radical (unpaired) electrons. The normalized spacial score (nSPS) is 30.9. The summed E-state index contributed by atoms with van der Waals surface area (Å²) in [5.74, 6) is 3.04. The molecule has 2 aliphatic rings. The van der Waals surface area contributed by atoms with Gasteiger partial charge in [-0.15, -0.1) is 11.3 Å². The summed E-state index contributed by atoms with van der Waals surface area (Å²) in [5, 5.41) is 3.79. The molecule has 2 bridgehead atoms. The number of fused-ring (bicyclic) bond motifs is 2. The molecule has 2 fully saturated rings. The fourth-order valence-electron chi connectivity index (χ4n) is 4.36. The van der Waals surface area contributed by atoms with Gasteiger partial charge >= 0.3 is 0 Å². The molecule has 4 atom stereocenters. The Bertz CT molecular complexity index is 411. The maximum absolute atomic E-state index is 3.79. The first kappa shape index (κ1) is 13.6. The smallest absolute Gasteiger partial charge is 0.0146 e. The number of rotatable bonds is 6. The maximum atomic E-state index is 3.79.